The summed E-state index contributed by atoms with van der Waals surface area (Å²) >= 11 is 1.74. The number of thiazole rings is 1. The van der Waals surface area contributed by atoms with Gasteiger partial charge in [-0.15, -0.1) is 11.3 Å². The first-order valence-corrected chi connectivity index (χ1v) is 10.9. The Hall–Kier alpha value is -1.23. The van der Waals surface area contributed by atoms with Crippen molar-refractivity contribution >= 4 is 11.3 Å². The van der Waals surface area contributed by atoms with Crippen LogP contribution in [-0.4, -0.2) is 21.7 Å². The minimum atomic E-state index is -0.373. The summed E-state index contributed by atoms with van der Waals surface area (Å²) in [6.45, 7) is 3.16. The third-order valence-electron chi connectivity index (χ3n) is 7.17. The Labute approximate surface area is 159 Å². The second kappa shape index (κ2) is 6.15. The number of aromatic nitrogens is 1. The van der Waals surface area contributed by atoms with E-state index in [1.807, 2.05) is 6.07 Å². The topological polar surface area (TPSA) is 45.2 Å². The first-order valence-electron chi connectivity index (χ1n) is 9.99. The zero-order chi connectivity index (χ0) is 17.8. The highest BCUT2D eigenvalue weighted by Gasteiger charge is 2.58. The SMILES string of the molecule is CC(NCc1nc(-c2ccccc2)cs1)C12CC3CC(CC(O)(C3)C1)C2. The van der Waals surface area contributed by atoms with Gasteiger partial charge in [-0.3, -0.25) is 0 Å². The minimum absolute atomic E-state index is 0.290. The largest absolute Gasteiger partial charge is 0.390 e. The van der Waals surface area contributed by atoms with Crippen molar-refractivity contribution in [1.82, 2.24) is 10.3 Å². The molecule has 4 saturated carbocycles. The fourth-order valence-electron chi connectivity index (χ4n) is 6.38. The quantitative estimate of drug-likeness (QED) is 0.809. The summed E-state index contributed by atoms with van der Waals surface area (Å²) in [7, 11) is 0. The lowest BCUT2D eigenvalue weighted by atomic mass is 9.46. The van der Waals surface area contributed by atoms with Gasteiger partial charge in [0.25, 0.3) is 0 Å². The summed E-state index contributed by atoms with van der Waals surface area (Å²) in [5.41, 5.74) is 2.18. The fourth-order valence-corrected chi connectivity index (χ4v) is 7.14. The Kier molecular flexibility index (Phi) is 4.00. The highest BCUT2D eigenvalue weighted by Crippen LogP contribution is 2.62. The molecular formula is C22H28N2OS. The van der Waals surface area contributed by atoms with E-state index in [2.05, 4.69) is 41.9 Å². The average Bonchev–Trinajstić information content (AvgIpc) is 3.07. The van der Waals surface area contributed by atoms with Crippen LogP contribution in [0.4, 0.5) is 0 Å². The van der Waals surface area contributed by atoms with Gasteiger partial charge in [-0.05, 0) is 62.7 Å². The van der Waals surface area contributed by atoms with Crippen molar-refractivity contribution in [3.63, 3.8) is 0 Å². The second-order valence-corrected chi connectivity index (χ2v) is 10.1. The van der Waals surface area contributed by atoms with Crippen LogP contribution in [-0.2, 0) is 6.54 Å². The summed E-state index contributed by atoms with van der Waals surface area (Å²) in [5.74, 6) is 1.49. The molecule has 0 saturated heterocycles. The summed E-state index contributed by atoms with van der Waals surface area (Å²) in [5, 5.41) is 18.1. The van der Waals surface area contributed by atoms with Crippen LogP contribution in [0.15, 0.2) is 35.7 Å². The van der Waals surface area contributed by atoms with Gasteiger partial charge in [0.1, 0.15) is 5.01 Å². The molecule has 138 valence electrons. The molecule has 1 heterocycles. The zero-order valence-electron chi connectivity index (χ0n) is 15.4. The summed E-state index contributed by atoms with van der Waals surface area (Å²) in [6.07, 6.45) is 7.04. The third-order valence-corrected chi connectivity index (χ3v) is 8.02. The molecule has 1 aromatic carbocycles. The average molecular weight is 369 g/mol. The molecule has 2 aromatic rings. The van der Waals surface area contributed by atoms with E-state index in [1.54, 1.807) is 11.3 Å². The number of hydrogen-bond acceptors (Lipinski definition) is 4. The fraction of sp³-hybridized carbons (Fsp3) is 0.591. The van der Waals surface area contributed by atoms with E-state index in [-0.39, 0.29) is 5.60 Å². The van der Waals surface area contributed by atoms with Crippen LogP contribution in [0.25, 0.3) is 11.3 Å². The Balaban J connectivity index is 1.27. The van der Waals surface area contributed by atoms with Crippen molar-refractivity contribution in [2.75, 3.05) is 0 Å². The molecule has 3 nitrogen and oxygen atoms in total. The lowest BCUT2D eigenvalue weighted by molar-refractivity contribution is -0.172. The number of aliphatic hydroxyl groups is 1. The van der Waals surface area contributed by atoms with Crippen LogP contribution in [0, 0.1) is 17.3 Å². The van der Waals surface area contributed by atoms with Gasteiger partial charge in [0, 0.05) is 23.5 Å². The highest BCUT2D eigenvalue weighted by atomic mass is 32.1. The number of nitrogens with zero attached hydrogens (tertiary/aromatic N) is 1. The molecule has 6 rings (SSSR count). The molecule has 4 fully saturated rings. The third kappa shape index (κ3) is 2.92. The normalized spacial score (nSPS) is 36.4. The van der Waals surface area contributed by atoms with Gasteiger partial charge in [0.05, 0.1) is 11.3 Å². The molecule has 4 bridgehead atoms. The van der Waals surface area contributed by atoms with Crippen molar-refractivity contribution in [3.05, 3.63) is 40.7 Å². The Morgan fingerprint density at radius 1 is 1.19 bits per heavy atom. The maximum atomic E-state index is 11.0. The maximum Gasteiger partial charge on any atom is 0.107 e. The van der Waals surface area contributed by atoms with Crippen LogP contribution in [0.5, 0.6) is 0 Å². The van der Waals surface area contributed by atoms with Gasteiger partial charge in [-0.25, -0.2) is 4.98 Å². The van der Waals surface area contributed by atoms with Gasteiger partial charge >= 0.3 is 0 Å². The molecule has 3 atom stereocenters. The van der Waals surface area contributed by atoms with E-state index in [4.69, 9.17) is 4.98 Å². The standard InChI is InChI=1S/C22H28N2OS/c1-15(21-8-16-7-17(9-21)11-22(25,10-16)14-21)23-12-20-24-19(13-26-20)18-5-3-2-4-6-18/h2-6,13,15-17,23,25H,7-12,14H2,1H3. The van der Waals surface area contributed by atoms with Crippen LogP contribution in [0.2, 0.25) is 0 Å². The van der Waals surface area contributed by atoms with Crippen molar-refractivity contribution in [1.29, 1.82) is 0 Å². The lowest BCUT2D eigenvalue weighted by Gasteiger charge is -2.62. The first kappa shape index (κ1) is 16.9. The number of benzene rings is 1. The van der Waals surface area contributed by atoms with E-state index >= 15 is 0 Å². The van der Waals surface area contributed by atoms with Gasteiger partial charge in [-0.1, -0.05) is 30.3 Å². The minimum Gasteiger partial charge on any atom is -0.390 e. The first-order chi connectivity index (χ1) is 12.5. The van der Waals surface area contributed by atoms with Crippen LogP contribution < -0.4 is 5.32 Å². The molecule has 0 amide bonds. The molecule has 1 aromatic heterocycles. The molecule has 3 unspecified atom stereocenters. The van der Waals surface area contributed by atoms with E-state index in [1.165, 1.54) is 24.8 Å². The molecule has 0 radical (unpaired) electrons. The molecule has 4 aliphatic carbocycles. The van der Waals surface area contributed by atoms with E-state index in [9.17, 15) is 5.11 Å². The summed E-state index contributed by atoms with van der Waals surface area (Å²) in [4.78, 5) is 4.82. The van der Waals surface area contributed by atoms with E-state index in [0.717, 1.165) is 48.3 Å². The Morgan fingerprint density at radius 2 is 1.92 bits per heavy atom. The molecular weight excluding hydrogens is 340 g/mol. The van der Waals surface area contributed by atoms with Gasteiger partial charge in [0.15, 0.2) is 0 Å². The number of nitrogens with one attached hydrogen (secondary N) is 1. The molecule has 26 heavy (non-hydrogen) atoms. The zero-order valence-corrected chi connectivity index (χ0v) is 16.3. The van der Waals surface area contributed by atoms with Crippen molar-refractivity contribution in [2.24, 2.45) is 17.3 Å². The monoisotopic (exact) mass is 368 g/mol. The Morgan fingerprint density at radius 3 is 2.62 bits per heavy atom. The van der Waals surface area contributed by atoms with Crippen molar-refractivity contribution in [3.8, 4) is 11.3 Å². The summed E-state index contributed by atoms with van der Waals surface area (Å²) in [6, 6.07) is 10.8. The number of rotatable bonds is 5. The van der Waals surface area contributed by atoms with Crippen LogP contribution >= 0.6 is 11.3 Å². The second-order valence-electron chi connectivity index (χ2n) is 9.14. The van der Waals surface area contributed by atoms with E-state index in [0.29, 0.717) is 11.5 Å². The lowest BCUT2D eigenvalue weighted by Crippen LogP contribution is -2.61. The van der Waals surface area contributed by atoms with Gasteiger partial charge in [-0.2, -0.15) is 0 Å². The van der Waals surface area contributed by atoms with Crippen molar-refractivity contribution in [2.45, 2.75) is 63.6 Å². The molecule has 0 aliphatic heterocycles. The maximum absolute atomic E-state index is 11.0. The van der Waals surface area contributed by atoms with Gasteiger partial charge < -0.3 is 10.4 Å². The molecule has 2 N–H and O–H groups in total. The van der Waals surface area contributed by atoms with Gasteiger partial charge in [0.2, 0.25) is 0 Å². The highest BCUT2D eigenvalue weighted by molar-refractivity contribution is 7.09. The van der Waals surface area contributed by atoms with Crippen LogP contribution in [0.3, 0.4) is 0 Å². The molecule has 0 spiro atoms. The van der Waals surface area contributed by atoms with E-state index < -0.39 is 0 Å². The molecule has 4 aliphatic rings. The van der Waals surface area contributed by atoms with Crippen molar-refractivity contribution < 1.29 is 5.11 Å². The smallest absolute Gasteiger partial charge is 0.107 e. The Bertz CT molecular complexity index is 772. The predicted molar refractivity (Wildman–Crippen MR) is 106 cm³/mol. The number of hydrogen-bond donors (Lipinski definition) is 2. The summed E-state index contributed by atoms with van der Waals surface area (Å²) < 4.78 is 0. The predicted octanol–water partition coefficient (Wildman–Crippen LogP) is 4.62. The van der Waals surface area contributed by atoms with Crippen LogP contribution in [0.1, 0.15) is 50.5 Å². The molecule has 4 heteroatoms.